The summed E-state index contributed by atoms with van der Waals surface area (Å²) >= 11 is 4.25. The Labute approximate surface area is 167 Å². The molecule has 27 heavy (non-hydrogen) atoms. The number of methoxy groups -OCH3 is 1. The summed E-state index contributed by atoms with van der Waals surface area (Å²) in [4.78, 5) is 24.1. The Hall–Kier alpha value is -2.24. The van der Waals surface area contributed by atoms with E-state index in [1.54, 1.807) is 29.2 Å². The van der Waals surface area contributed by atoms with E-state index in [-0.39, 0.29) is 11.7 Å². The fraction of sp³-hybridized carbons (Fsp3) is 0.250. The number of rotatable bonds is 7. The van der Waals surface area contributed by atoms with E-state index < -0.39 is 5.97 Å². The second-order valence-corrected chi connectivity index (χ2v) is 7.84. The SMILES string of the molecule is COC(=O)c1ccc(Cn2cc(NC(=O)c3c(SC)nsc3SC)cn2)o1. The maximum Gasteiger partial charge on any atom is 0.373 e. The number of carbonyl (C=O) groups excluding carboxylic acids is 2. The molecule has 0 radical (unpaired) electrons. The van der Waals surface area contributed by atoms with Gasteiger partial charge in [0.1, 0.15) is 10.8 Å². The molecule has 0 saturated carbocycles. The van der Waals surface area contributed by atoms with E-state index >= 15 is 0 Å². The van der Waals surface area contributed by atoms with Crippen molar-refractivity contribution >= 4 is 52.6 Å². The third kappa shape index (κ3) is 4.37. The Bertz CT molecular complexity index is 941. The van der Waals surface area contributed by atoms with Crippen LogP contribution < -0.4 is 5.32 Å². The molecule has 0 aliphatic heterocycles. The predicted molar refractivity (Wildman–Crippen MR) is 105 cm³/mol. The number of anilines is 1. The molecule has 0 spiro atoms. The van der Waals surface area contributed by atoms with Gasteiger partial charge in [-0.05, 0) is 36.2 Å². The number of hydrogen-bond donors (Lipinski definition) is 1. The van der Waals surface area contributed by atoms with E-state index in [9.17, 15) is 9.59 Å². The number of aromatic nitrogens is 3. The Morgan fingerprint density at radius 1 is 1.33 bits per heavy atom. The van der Waals surface area contributed by atoms with Crippen LogP contribution in [0.3, 0.4) is 0 Å². The molecular formula is C16H16N4O4S3. The molecule has 0 saturated heterocycles. The van der Waals surface area contributed by atoms with Crippen molar-refractivity contribution in [1.82, 2.24) is 14.2 Å². The normalized spacial score (nSPS) is 10.8. The van der Waals surface area contributed by atoms with Gasteiger partial charge in [-0.1, -0.05) is 0 Å². The fourth-order valence-corrected chi connectivity index (χ4v) is 4.55. The van der Waals surface area contributed by atoms with Crippen LogP contribution in [0.1, 0.15) is 26.7 Å². The van der Waals surface area contributed by atoms with Gasteiger partial charge in [0.2, 0.25) is 5.76 Å². The fourth-order valence-electron chi connectivity index (χ4n) is 2.27. The lowest BCUT2D eigenvalue weighted by atomic mass is 10.3. The molecular weight excluding hydrogens is 408 g/mol. The number of nitrogens with zero attached hydrogens (tertiary/aromatic N) is 3. The van der Waals surface area contributed by atoms with Crippen LogP contribution in [-0.2, 0) is 11.3 Å². The van der Waals surface area contributed by atoms with Crippen molar-refractivity contribution in [2.24, 2.45) is 0 Å². The van der Waals surface area contributed by atoms with E-state index in [4.69, 9.17) is 4.42 Å². The lowest BCUT2D eigenvalue weighted by Crippen LogP contribution is -2.12. The lowest BCUT2D eigenvalue weighted by molar-refractivity contribution is 0.0562. The first-order valence-corrected chi connectivity index (χ1v) is 10.9. The van der Waals surface area contributed by atoms with E-state index in [0.29, 0.717) is 28.6 Å². The topological polar surface area (TPSA) is 99.2 Å². The van der Waals surface area contributed by atoms with Crippen molar-refractivity contribution in [2.45, 2.75) is 15.8 Å². The summed E-state index contributed by atoms with van der Waals surface area (Å²) in [5.41, 5.74) is 1.14. The summed E-state index contributed by atoms with van der Waals surface area (Å²) in [6.07, 6.45) is 7.05. The number of ether oxygens (including phenoxy) is 1. The van der Waals surface area contributed by atoms with E-state index in [0.717, 1.165) is 4.21 Å². The lowest BCUT2D eigenvalue weighted by Gasteiger charge is -2.03. The monoisotopic (exact) mass is 424 g/mol. The van der Waals surface area contributed by atoms with Crippen molar-refractivity contribution < 1.29 is 18.7 Å². The molecule has 0 aliphatic carbocycles. The number of carbonyl (C=O) groups is 2. The highest BCUT2D eigenvalue weighted by atomic mass is 32.2. The molecule has 3 rings (SSSR count). The number of nitrogens with one attached hydrogen (secondary N) is 1. The number of amides is 1. The van der Waals surface area contributed by atoms with Crippen molar-refractivity contribution in [3.63, 3.8) is 0 Å². The largest absolute Gasteiger partial charge is 0.463 e. The van der Waals surface area contributed by atoms with Crippen molar-refractivity contribution in [2.75, 3.05) is 24.9 Å². The van der Waals surface area contributed by atoms with E-state index in [1.165, 1.54) is 42.2 Å². The summed E-state index contributed by atoms with van der Waals surface area (Å²) < 4.78 is 16.8. The number of furan rings is 1. The maximum atomic E-state index is 12.6. The molecule has 0 bridgehead atoms. The highest BCUT2D eigenvalue weighted by molar-refractivity contribution is 8.01. The molecule has 3 heterocycles. The summed E-state index contributed by atoms with van der Waals surface area (Å²) in [5, 5.41) is 7.76. The van der Waals surface area contributed by atoms with Crippen LogP contribution in [-0.4, -0.2) is 45.7 Å². The summed E-state index contributed by atoms with van der Waals surface area (Å²) in [6.45, 7) is 0.318. The van der Waals surface area contributed by atoms with Crippen LogP contribution in [0.15, 0.2) is 38.2 Å². The standard InChI is InChI=1S/C16H16N4O4S3/c1-23-15(22)11-5-4-10(24-11)8-20-7-9(6-17-20)18-13(21)12-14(25-2)19-27-16(12)26-3/h4-7H,8H2,1-3H3,(H,18,21). The molecule has 1 N–H and O–H groups in total. The van der Waals surface area contributed by atoms with Gasteiger partial charge in [-0.2, -0.15) is 9.47 Å². The average Bonchev–Trinajstić information content (AvgIpc) is 3.40. The van der Waals surface area contributed by atoms with Crippen LogP contribution in [0.5, 0.6) is 0 Å². The molecule has 0 aromatic carbocycles. The number of thioether (sulfide) groups is 2. The zero-order valence-corrected chi connectivity index (χ0v) is 17.2. The zero-order chi connectivity index (χ0) is 19.4. The first-order chi connectivity index (χ1) is 13.0. The van der Waals surface area contributed by atoms with Gasteiger partial charge in [-0.3, -0.25) is 9.48 Å². The highest BCUT2D eigenvalue weighted by Crippen LogP contribution is 2.33. The van der Waals surface area contributed by atoms with E-state index in [1.807, 2.05) is 12.5 Å². The Morgan fingerprint density at radius 2 is 2.15 bits per heavy atom. The number of hydrogen-bond acceptors (Lipinski definition) is 9. The van der Waals surface area contributed by atoms with Crippen LogP contribution in [0.25, 0.3) is 0 Å². The summed E-state index contributed by atoms with van der Waals surface area (Å²) in [6, 6.07) is 3.23. The van der Waals surface area contributed by atoms with Gasteiger partial charge in [0.05, 0.1) is 35.3 Å². The van der Waals surface area contributed by atoms with Gasteiger partial charge in [0, 0.05) is 6.20 Å². The predicted octanol–water partition coefficient (Wildman–Crippen LogP) is 3.46. The Kier molecular flexibility index (Phi) is 6.24. The molecule has 8 nitrogen and oxygen atoms in total. The molecule has 0 unspecified atom stereocenters. The van der Waals surface area contributed by atoms with Gasteiger partial charge in [-0.15, -0.1) is 23.5 Å². The molecule has 3 aromatic heterocycles. The minimum Gasteiger partial charge on any atom is -0.463 e. The third-order valence-corrected chi connectivity index (χ3v) is 6.23. The van der Waals surface area contributed by atoms with Crippen LogP contribution in [0.4, 0.5) is 5.69 Å². The van der Waals surface area contributed by atoms with Crippen molar-refractivity contribution in [3.8, 4) is 0 Å². The molecule has 0 fully saturated rings. The summed E-state index contributed by atoms with van der Waals surface area (Å²) in [5.74, 6) is -0.0729. The van der Waals surface area contributed by atoms with Crippen molar-refractivity contribution in [1.29, 1.82) is 0 Å². The van der Waals surface area contributed by atoms with E-state index in [2.05, 4.69) is 19.5 Å². The van der Waals surface area contributed by atoms with Crippen LogP contribution in [0.2, 0.25) is 0 Å². The average molecular weight is 425 g/mol. The summed E-state index contributed by atoms with van der Waals surface area (Å²) in [7, 11) is 1.29. The quantitative estimate of drug-likeness (QED) is 0.455. The highest BCUT2D eigenvalue weighted by Gasteiger charge is 2.20. The molecule has 11 heteroatoms. The first-order valence-electron chi connectivity index (χ1n) is 7.64. The maximum absolute atomic E-state index is 12.6. The second kappa shape index (κ2) is 8.63. The smallest absolute Gasteiger partial charge is 0.373 e. The molecule has 1 amide bonds. The third-order valence-electron chi connectivity index (χ3n) is 3.49. The van der Waals surface area contributed by atoms with Gasteiger partial charge in [0.25, 0.3) is 5.91 Å². The van der Waals surface area contributed by atoms with Crippen LogP contribution in [0, 0.1) is 0 Å². The Morgan fingerprint density at radius 3 is 2.85 bits per heavy atom. The van der Waals surface area contributed by atoms with Gasteiger partial charge < -0.3 is 14.5 Å². The second-order valence-electron chi connectivity index (χ2n) is 5.20. The van der Waals surface area contributed by atoms with Crippen LogP contribution >= 0.6 is 35.1 Å². The van der Waals surface area contributed by atoms with Crippen molar-refractivity contribution in [3.05, 3.63) is 41.6 Å². The molecule has 0 atom stereocenters. The minimum absolute atomic E-state index is 0.132. The molecule has 3 aromatic rings. The zero-order valence-electron chi connectivity index (χ0n) is 14.7. The van der Waals surface area contributed by atoms with Gasteiger partial charge >= 0.3 is 5.97 Å². The first kappa shape index (κ1) is 19.5. The number of esters is 1. The molecule has 142 valence electrons. The molecule has 0 aliphatic rings. The minimum atomic E-state index is -0.534. The van der Waals surface area contributed by atoms with Gasteiger partial charge in [-0.25, -0.2) is 4.79 Å². The Balaban J connectivity index is 1.69. The van der Waals surface area contributed by atoms with Gasteiger partial charge in [0.15, 0.2) is 0 Å².